The normalized spacial score (nSPS) is 31.6. The Hall–Kier alpha value is 0.840. The van der Waals surface area contributed by atoms with Gasteiger partial charge in [0.25, 0.3) is 0 Å². The van der Waals surface area contributed by atoms with Gasteiger partial charge < -0.3 is 15.0 Å². The number of rotatable bonds is 4. The summed E-state index contributed by atoms with van der Waals surface area (Å²) < 4.78 is 5.65. The summed E-state index contributed by atoms with van der Waals surface area (Å²) in [5, 5.41) is 12.2. The van der Waals surface area contributed by atoms with Gasteiger partial charge in [0.2, 0.25) is 0 Å². The SMILES string of the molecule is [O-][NH+]1CCC(OCC(Br)CBr)CC1. The number of quaternary nitrogens is 1. The van der Waals surface area contributed by atoms with E-state index in [1.165, 1.54) is 0 Å². The molecule has 1 fully saturated rings. The highest BCUT2D eigenvalue weighted by molar-refractivity contribution is 9.12. The topological polar surface area (TPSA) is 36.7 Å². The molecule has 3 nitrogen and oxygen atoms in total. The van der Waals surface area contributed by atoms with Crippen LogP contribution >= 0.6 is 31.9 Å². The molecule has 0 spiro atoms. The van der Waals surface area contributed by atoms with Gasteiger partial charge >= 0.3 is 0 Å². The van der Waals surface area contributed by atoms with Gasteiger partial charge in [0, 0.05) is 23.0 Å². The van der Waals surface area contributed by atoms with Crippen molar-refractivity contribution in [1.82, 2.24) is 0 Å². The Morgan fingerprint density at radius 2 is 2.08 bits per heavy atom. The quantitative estimate of drug-likeness (QED) is 0.612. The minimum atomic E-state index is 0.303. The molecule has 0 saturated carbocycles. The average Bonchev–Trinajstić information content (AvgIpc) is 2.16. The first-order chi connectivity index (χ1) is 6.22. The summed E-state index contributed by atoms with van der Waals surface area (Å²) in [6.07, 6.45) is 2.11. The molecule has 78 valence electrons. The standard InChI is InChI=1S/C8H15Br2NO2/c9-5-7(10)6-13-8-1-3-11(12)4-2-8/h7-8,11H,1-6H2. The van der Waals surface area contributed by atoms with Crippen molar-refractivity contribution in [3.8, 4) is 0 Å². The van der Waals surface area contributed by atoms with Gasteiger partial charge in [0.1, 0.15) is 0 Å². The van der Waals surface area contributed by atoms with Crippen molar-refractivity contribution in [2.45, 2.75) is 23.8 Å². The summed E-state index contributed by atoms with van der Waals surface area (Å²) in [4.78, 5) is 0.380. The first-order valence-corrected chi connectivity index (χ1v) is 6.59. The molecule has 1 saturated heterocycles. The van der Waals surface area contributed by atoms with E-state index in [1.807, 2.05) is 0 Å². The van der Waals surface area contributed by atoms with E-state index < -0.39 is 0 Å². The van der Waals surface area contributed by atoms with Crippen molar-refractivity contribution in [2.75, 3.05) is 25.0 Å². The second-order valence-corrected chi connectivity index (χ2v) is 5.27. The highest BCUT2D eigenvalue weighted by atomic mass is 79.9. The van der Waals surface area contributed by atoms with E-state index >= 15 is 0 Å². The van der Waals surface area contributed by atoms with E-state index in [9.17, 15) is 5.21 Å². The van der Waals surface area contributed by atoms with E-state index in [1.54, 1.807) is 0 Å². The summed E-state index contributed by atoms with van der Waals surface area (Å²) in [6.45, 7) is 2.13. The van der Waals surface area contributed by atoms with Crippen LogP contribution in [0.2, 0.25) is 0 Å². The third-order valence-corrected chi connectivity index (χ3v) is 4.41. The molecule has 1 heterocycles. The molecular weight excluding hydrogens is 302 g/mol. The lowest BCUT2D eigenvalue weighted by Gasteiger charge is -2.31. The molecule has 5 heteroatoms. The van der Waals surface area contributed by atoms with Crippen molar-refractivity contribution in [3.05, 3.63) is 5.21 Å². The Morgan fingerprint density at radius 1 is 1.46 bits per heavy atom. The van der Waals surface area contributed by atoms with Crippen LogP contribution in [0.25, 0.3) is 0 Å². The Morgan fingerprint density at radius 3 is 2.62 bits per heavy atom. The van der Waals surface area contributed by atoms with Gasteiger partial charge in [-0.1, -0.05) is 31.9 Å². The maximum atomic E-state index is 10.9. The smallest absolute Gasteiger partial charge is 0.0793 e. The van der Waals surface area contributed by atoms with Crippen LogP contribution in [0.3, 0.4) is 0 Å². The molecule has 13 heavy (non-hydrogen) atoms. The monoisotopic (exact) mass is 315 g/mol. The molecule has 0 aromatic rings. The highest BCUT2D eigenvalue weighted by Gasteiger charge is 2.18. The van der Waals surface area contributed by atoms with Gasteiger partial charge in [-0.3, -0.25) is 0 Å². The van der Waals surface area contributed by atoms with Crippen LogP contribution in [0.1, 0.15) is 12.8 Å². The fourth-order valence-electron chi connectivity index (χ4n) is 1.36. The number of hydrogen-bond acceptors (Lipinski definition) is 2. The molecular formula is C8H15Br2NO2. The zero-order valence-electron chi connectivity index (χ0n) is 7.47. The predicted octanol–water partition coefficient (Wildman–Crippen LogP) is 0.707. The van der Waals surface area contributed by atoms with Crippen molar-refractivity contribution in [1.29, 1.82) is 0 Å². The van der Waals surface area contributed by atoms with Crippen molar-refractivity contribution in [3.63, 3.8) is 0 Å². The largest absolute Gasteiger partial charge is 0.634 e. The van der Waals surface area contributed by atoms with Crippen molar-refractivity contribution >= 4 is 31.9 Å². The number of piperidine rings is 1. The Kier molecular flexibility index (Phi) is 5.82. The lowest BCUT2D eigenvalue weighted by molar-refractivity contribution is -0.854. The molecule has 1 aliphatic heterocycles. The maximum absolute atomic E-state index is 10.9. The number of halogens is 2. The van der Waals surface area contributed by atoms with Crippen molar-refractivity contribution < 1.29 is 9.80 Å². The van der Waals surface area contributed by atoms with Crippen LogP contribution in [-0.2, 0) is 4.74 Å². The fourth-order valence-corrected chi connectivity index (χ4v) is 1.70. The van der Waals surface area contributed by atoms with E-state index in [0.29, 0.717) is 29.1 Å². The summed E-state index contributed by atoms with van der Waals surface area (Å²) in [6, 6.07) is 0. The first kappa shape index (κ1) is 11.9. The number of hydrogen-bond donors (Lipinski definition) is 1. The summed E-state index contributed by atoms with van der Waals surface area (Å²) in [5.74, 6) is 0. The molecule has 1 N–H and O–H groups in total. The lowest BCUT2D eigenvalue weighted by atomic mass is 10.1. The zero-order valence-corrected chi connectivity index (χ0v) is 10.6. The minimum Gasteiger partial charge on any atom is -0.634 e. The number of hydroxylamine groups is 2. The van der Waals surface area contributed by atoms with E-state index in [4.69, 9.17) is 4.74 Å². The number of nitrogens with one attached hydrogen (secondary N) is 1. The fraction of sp³-hybridized carbons (Fsp3) is 1.00. The minimum absolute atomic E-state index is 0.303. The molecule has 1 unspecified atom stereocenters. The van der Waals surface area contributed by atoms with Crippen LogP contribution in [0.4, 0.5) is 0 Å². The van der Waals surface area contributed by atoms with Gasteiger partial charge in [-0.2, -0.15) is 0 Å². The third kappa shape index (κ3) is 4.74. The lowest BCUT2D eigenvalue weighted by Crippen LogP contribution is -3.08. The van der Waals surface area contributed by atoms with Crippen LogP contribution in [0, 0.1) is 5.21 Å². The molecule has 1 rings (SSSR count). The molecule has 0 aliphatic carbocycles. The second kappa shape index (κ2) is 6.35. The second-order valence-electron chi connectivity index (χ2n) is 3.32. The average molecular weight is 317 g/mol. The van der Waals surface area contributed by atoms with Gasteiger partial charge in [-0.25, -0.2) is 0 Å². The number of ether oxygens (including phenoxy) is 1. The van der Waals surface area contributed by atoms with E-state index in [-0.39, 0.29) is 0 Å². The van der Waals surface area contributed by atoms with E-state index in [0.717, 1.165) is 24.8 Å². The summed E-state index contributed by atoms with van der Waals surface area (Å²) in [5.41, 5.74) is 0. The van der Waals surface area contributed by atoms with Crippen LogP contribution < -0.4 is 5.06 Å². The molecule has 0 amide bonds. The molecule has 0 aromatic heterocycles. The Labute approximate surface area is 95.6 Å². The molecule has 1 atom stereocenters. The number of alkyl halides is 2. The molecule has 0 aromatic carbocycles. The summed E-state index contributed by atoms with van der Waals surface area (Å²) >= 11 is 6.85. The predicted molar refractivity (Wildman–Crippen MR) is 59.5 cm³/mol. The Balaban J connectivity index is 2.08. The van der Waals surface area contributed by atoms with Gasteiger partial charge in [0.05, 0.1) is 25.8 Å². The summed E-state index contributed by atoms with van der Waals surface area (Å²) in [7, 11) is 0. The Bertz CT molecular complexity index is 140. The van der Waals surface area contributed by atoms with E-state index in [2.05, 4.69) is 31.9 Å². The molecule has 0 radical (unpaired) electrons. The van der Waals surface area contributed by atoms with Crippen LogP contribution in [0.5, 0.6) is 0 Å². The molecule has 0 bridgehead atoms. The maximum Gasteiger partial charge on any atom is 0.0793 e. The van der Waals surface area contributed by atoms with Crippen molar-refractivity contribution in [2.24, 2.45) is 0 Å². The third-order valence-electron chi connectivity index (χ3n) is 2.17. The highest BCUT2D eigenvalue weighted by Crippen LogP contribution is 2.09. The first-order valence-electron chi connectivity index (χ1n) is 4.55. The van der Waals surface area contributed by atoms with Gasteiger partial charge in [0.15, 0.2) is 0 Å². The van der Waals surface area contributed by atoms with Crippen LogP contribution in [-0.4, -0.2) is 36.0 Å². The molecule has 1 aliphatic rings. The van der Waals surface area contributed by atoms with Gasteiger partial charge in [-0.15, -0.1) is 0 Å². The van der Waals surface area contributed by atoms with Crippen LogP contribution in [0.15, 0.2) is 0 Å². The zero-order chi connectivity index (χ0) is 9.68. The van der Waals surface area contributed by atoms with Gasteiger partial charge in [-0.05, 0) is 0 Å².